The molecule has 0 aliphatic carbocycles. The maximum Gasteiger partial charge on any atom is 0.240 e. The summed E-state index contributed by atoms with van der Waals surface area (Å²) in [6, 6.07) is 0. The number of hydrogen-bond acceptors (Lipinski definition) is 4. The number of amides is 2. The molecule has 3 N–H and O–H groups in total. The van der Waals surface area contributed by atoms with Crippen molar-refractivity contribution in [2.24, 2.45) is 11.1 Å². The minimum absolute atomic E-state index is 0.0664. The molecular formula is C10H19N3O2. The summed E-state index contributed by atoms with van der Waals surface area (Å²) in [4.78, 5) is 24.0. The Morgan fingerprint density at radius 2 is 1.87 bits per heavy atom. The van der Waals surface area contributed by atoms with Crippen LogP contribution in [0.15, 0.2) is 0 Å². The molecule has 0 spiro atoms. The van der Waals surface area contributed by atoms with Crippen molar-refractivity contribution in [2.75, 3.05) is 26.2 Å². The fraction of sp³-hybridized carbons (Fsp3) is 0.800. The summed E-state index contributed by atoms with van der Waals surface area (Å²) in [5.41, 5.74) is 5.68. The third-order valence-corrected chi connectivity index (χ3v) is 2.67. The van der Waals surface area contributed by atoms with Gasteiger partial charge in [0.05, 0.1) is 13.1 Å². The van der Waals surface area contributed by atoms with Gasteiger partial charge in [-0.2, -0.15) is 0 Å². The van der Waals surface area contributed by atoms with Crippen molar-refractivity contribution in [3.8, 4) is 0 Å². The van der Waals surface area contributed by atoms with Crippen molar-refractivity contribution < 1.29 is 9.59 Å². The standard InChI is InChI=1S/C10H19N3O2/c1-10(2,7-11)3-4-13-5-8(14)12-9(15)6-13/h3-7,11H2,1-2H3,(H,12,14,15). The first-order valence-electron chi connectivity index (χ1n) is 5.18. The maximum atomic E-state index is 11.1. The van der Waals surface area contributed by atoms with Crippen LogP contribution in [0.5, 0.6) is 0 Å². The van der Waals surface area contributed by atoms with E-state index >= 15 is 0 Å². The third-order valence-electron chi connectivity index (χ3n) is 2.67. The summed E-state index contributed by atoms with van der Waals surface area (Å²) in [6.45, 7) is 6.14. The van der Waals surface area contributed by atoms with Crippen molar-refractivity contribution >= 4 is 11.8 Å². The molecule has 0 aromatic heterocycles. The highest BCUT2D eigenvalue weighted by Gasteiger charge is 2.24. The van der Waals surface area contributed by atoms with Gasteiger partial charge < -0.3 is 5.73 Å². The van der Waals surface area contributed by atoms with Crippen LogP contribution >= 0.6 is 0 Å². The van der Waals surface area contributed by atoms with Crippen molar-refractivity contribution in [3.63, 3.8) is 0 Å². The average molecular weight is 213 g/mol. The van der Waals surface area contributed by atoms with Gasteiger partial charge in [0, 0.05) is 0 Å². The second-order valence-corrected chi connectivity index (χ2v) is 4.80. The van der Waals surface area contributed by atoms with Gasteiger partial charge in [-0.3, -0.25) is 19.8 Å². The predicted octanol–water partition coefficient (Wildman–Crippen LogP) is -0.680. The minimum atomic E-state index is -0.211. The molecule has 0 saturated carbocycles. The number of imide groups is 1. The van der Waals surface area contributed by atoms with Crippen molar-refractivity contribution in [3.05, 3.63) is 0 Å². The predicted molar refractivity (Wildman–Crippen MR) is 57.0 cm³/mol. The lowest BCUT2D eigenvalue weighted by Crippen LogP contribution is -2.52. The van der Waals surface area contributed by atoms with Gasteiger partial charge in [0.15, 0.2) is 0 Å². The molecule has 0 aromatic rings. The molecule has 1 aliphatic heterocycles. The molecule has 0 aromatic carbocycles. The van der Waals surface area contributed by atoms with Crippen molar-refractivity contribution in [1.29, 1.82) is 0 Å². The Morgan fingerprint density at radius 3 is 2.33 bits per heavy atom. The van der Waals surface area contributed by atoms with E-state index in [1.807, 2.05) is 4.90 Å². The lowest BCUT2D eigenvalue weighted by molar-refractivity contribution is -0.136. The number of hydrogen-bond donors (Lipinski definition) is 2. The Bertz CT molecular complexity index is 247. The SMILES string of the molecule is CC(C)(CN)CCN1CC(=O)NC(=O)C1. The van der Waals surface area contributed by atoms with Crippen molar-refractivity contribution in [2.45, 2.75) is 20.3 Å². The van der Waals surface area contributed by atoms with Crippen LogP contribution in [0.25, 0.3) is 0 Å². The first-order chi connectivity index (χ1) is 6.93. The zero-order chi connectivity index (χ0) is 11.5. The Balaban J connectivity index is 2.38. The fourth-order valence-electron chi connectivity index (χ4n) is 1.42. The number of nitrogens with zero attached hydrogens (tertiary/aromatic N) is 1. The van der Waals surface area contributed by atoms with E-state index in [1.54, 1.807) is 0 Å². The Hall–Kier alpha value is -0.940. The summed E-state index contributed by atoms with van der Waals surface area (Å²) in [5, 5.41) is 2.28. The summed E-state index contributed by atoms with van der Waals surface area (Å²) in [5.74, 6) is -0.423. The first kappa shape index (κ1) is 12.1. The summed E-state index contributed by atoms with van der Waals surface area (Å²) >= 11 is 0. The Labute approximate surface area is 90.0 Å². The third kappa shape index (κ3) is 3.97. The van der Waals surface area contributed by atoms with Gasteiger partial charge in [-0.15, -0.1) is 0 Å². The van der Waals surface area contributed by atoms with E-state index in [1.165, 1.54) is 0 Å². The zero-order valence-corrected chi connectivity index (χ0v) is 9.38. The molecule has 2 amide bonds. The van der Waals surface area contributed by atoms with Gasteiger partial charge in [0.25, 0.3) is 0 Å². The lowest BCUT2D eigenvalue weighted by Gasteiger charge is -2.29. The zero-order valence-electron chi connectivity index (χ0n) is 9.38. The summed E-state index contributed by atoms with van der Waals surface area (Å²) in [6.07, 6.45) is 0.893. The number of nitrogens with one attached hydrogen (secondary N) is 1. The van der Waals surface area contributed by atoms with E-state index in [0.717, 1.165) is 13.0 Å². The molecule has 1 heterocycles. The molecule has 1 saturated heterocycles. The smallest absolute Gasteiger partial charge is 0.240 e. The van der Waals surface area contributed by atoms with Gasteiger partial charge in [0.1, 0.15) is 0 Å². The minimum Gasteiger partial charge on any atom is -0.330 e. The van der Waals surface area contributed by atoms with E-state index in [4.69, 9.17) is 5.73 Å². The van der Waals surface area contributed by atoms with Gasteiger partial charge in [0.2, 0.25) is 11.8 Å². The van der Waals surface area contributed by atoms with Crippen LogP contribution in [0.4, 0.5) is 0 Å². The quantitative estimate of drug-likeness (QED) is 0.607. The molecule has 0 atom stereocenters. The number of piperazine rings is 1. The molecule has 5 heteroatoms. The van der Waals surface area contributed by atoms with Crippen LogP contribution in [0, 0.1) is 5.41 Å². The highest BCUT2D eigenvalue weighted by Crippen LogP contribution is 2.18. The molecular weight excluding hydrogens is 194 g/mol. The molecule has 86 valence electrons. The van der Waals surface area contributed by atoms with E-state index in [9.17, 15) is 9.59 Å². The van der Waals surface area contributed by atoms with E-state index in [-0.39, 0.29) is 17.2 Å². The van der Waals surface area contributed by atoms with Crippen LogP contribution in [0.3, 0.4) is 0 Å². The lowest BCUT2D eigenvalue weighted by atomic mass is 9.89. The highest BCUT2D eigenvalue weighted by atomic mass is 16.2. The average Bonchev–Trinajstić information content (AvgIpc) is 2.14. The van der Waals surface area contributed by atoms with Crippen LogP contribution in [-0.2, 0) is 9.59 Å². The highest BCUT2D eigenvalue weighted by molar-refractivity contribution is 5.99. The molecule has 1 rings (SSSR count). The number of nitrogens with two attached hydrogens (primary N) is 1. The summed E-state index contributed by atoms with van der Waals surface area (Å²) in [7, 11) is 0. The van der Waals surface area contributed by atoms with Gasteiger partial charge >= 0.3 is 0 Å². The van der Waals surface area contributed by atoms with E-state index < -0.39 is 0 Å². The van der Waals surface area contributed by atoms with Gasteiger partial charge in [-0.1, -0.05) is 13.8 Å². The molecule has 0 bridgehead atoms. The van der Waals surface area contributed by atoms with Crippen LogP contribution < -0.4 is 11.1 Å². The second-order valence-electron chi connectivity index (χ2n) is 4.80. The molecule has 1 aliphatic rings. The topological polar surface area (TPSA) is 75.4 Å². The number of rotatable bonds is 4. The number of carbonyl (C=O) groups is 2. The fourth-order valence-corrected chi connectivity index (χ4v) is 1.42. The monoisotopic (exact) mass is 213 g/mol. The van der Waals surface area contributed by atoms with E-state index in [0.29, 0.717) is 19.6 Å². The second kappa shape index (κ2) is 4.72. The molecule has 1 fully saturated rings. The van der Waals surface area contributed by atoms with Gasteiger partial charge in [-0.05, 0) is 24.9 Å². The van der Waals surface area contributed by atoms with Crippen LogP contribution in [0.1, 0.15) is 20.3 Å². The molecule has 15 heavy (non-hydrogen) atoms. The normalized spacial score (nSPS) is 19.1. The summed E-state index contributed by atoms with van der Waals surface area (Å²) < 4.78 is 0. The molecule has 5 nitrogen and oxygen atoms in total. The largest absolute Gasteiger partial charge is 0.330 e. The maximum absolute atomic E-state index is 11.1. The van der Waals surface area contributed by atoms with E-state index in [2.05, 4.69) is 19.2 Å². The molecule has 0 radical (unpaired) electrons. The Kier molecular flexibility index (Phi) is 3.82. The first-order valence-corrected chi connectivity index (χ1v) is 5.18. The number of carbonyl (C=O) groups excluding carboxylic acids is 2. The molecule has 0 unspecified atom stereocenters. The van der Waals surface area contributed by atoms with Gasteiger partial charge in [-0.25, -0.2) is 0 Å². The van der Waals surface area contributed by atoms with Crippen molar-refractivity contribution in [1.82, 2.24) is 10.2 Å². The van der Waals surface area contributed by atoms with Crippen LogP contribution in [0.2, 0.25) is 0 Å². The van der Waals surface area contributed by atoms with Crippen LogP contribution in [-0.4, -0.2) is 42.9 Å². The Morgan fingerprint density at radius 1 is 1.33 bits per heavy atom.